The maximum atomic E-state index is 12.0. The monoisotopic (exact) mass is 621 g/mol. The van der Waals surface area contributed by atoms with Gasteiger partial charge in [-0.15, -0.1) is 0 Å². The highest BCUT2D eigenvalue weighted by Gasteiger charge is 2.20. The summed E-state index contributed by atoms with van der Waals surface area (Å²) < 4.78 is 7.76. The van der Waals surface area contributed by atoms with Gasteiger partial charge in [0.1, 0.15) is 12.3 Å². The van der Waals surface area contributed by atoms with E-state index in [-0.39, 0.29) is 40.1 Å². The molecule has 0 aromatic heterocycles. The van der Waals surface area contributed by atoms with Gasteiger partial charge in [0.2, 0.25) is 0 Å². The number of quaternary nitrogens is 2. The number of unbranched alkanes of at least 4 members (excludes halogenated alkanes) is 7. The van der Waals surface area contributed by atoms with Crippen LogP contribution in [0.3, 0.4) is 0 Å². The third kappa shape index (κ3) is 14.6. The number of halogens is 2. The smallest absolute Gasteiger partial charge is 0.414 e. The van der Waals surface area contributed by atoms with E-state index in [9.17, 15) is 4.79 Å². The van der Waals surface area contributed by atoms with Gasteiger partial charge in [-0.2, -0.15) is 0 Å². The molecule has 0 saturated carbocycles. The van der Waals surface area contributed by atoms with Gasteiger partial charge in [0.25, 0.3) is 0 Å². The molecule has 35 heavy (non-hydrogen) atoms. The van der Waals surface area contributed by atoms with Gasteiger partial charge in [0, 0.05) is 19.7 Å². The fraction of sp³-hybridized carbons (Fsp3) is 0.750. The normalized spacial score (nSPS) is 11.4. The average Bonchev–Trinajstić information content (AvgIpc) is 2.79. The maximum absolute atomic E-state index is 12.0. The van der Waals surface area contributed by atoms with E-state index in [1.165, 1.54) is 86.9 Å². The molecule has 5 nitrogen and oxygen atoms in total. The third-order valence-electron chi connectivity index (χ3n) is 7.29. The Labute approximate surface area is 237 Å². The molecular weight excluding hydrogens is 570 g/mol. The number of para-hydroxylation sites is 1. The lowest BCUT2D eigenvalue weighted by Crippen LogP contribution is -3.00. The fourth-order valence-corrected chi connectivity index (χ4v) is 4.65. The number of hydrogen-bond donors (Lipinski definition) is 0. The predicted molar refractivity (Wildman–Crippen MR) is 141 cm³/mol. The molecule has 206 valence electrons. The van der Waals surface area contributed by atoms with Crippen molar-refractivity contribution in [2.45, 2.75) is 78.7 Å². The molecule has 0 heterocycles. The number of carbonyl (C=O) groups is 1. The van der Waals surface area contributed by atoms with Crippen LogP contribution in [0.4, 0.5) is 4.79 Å². The molecule has 7 heteroatoms. The van der Waals surface area contributed by atoms with Crippen molar-refractivity contribution in [2.75, 3.05) is 60.9 Å². The number of rotatable bonds is 17. The van der Waals surface area contributed by atoms with Crippen LogP contribution in [-0.4, -0.2) is 80.9 Å². The number of amides is 1. The highest BCUT2D eigenvalue weighted by atomic mass is 79.9. The predicted octanol–water partition coefficient (Wildman–Crippen LogP) is 0.329. The first-order valence-corrected chi connectivity index (χ1v) is 13.3. The van der Waals surface area contributed by atoms with Crippen LogP contribution in [0.15, 0.2) is 24.3 Å². The molecule has 0 aliphatic rings. The highest BCUT2D eigenvalue weighted by Crippen LogP contribution is 2.23. The molecule has 0 aliphatic carbocycles. The van der Waals surface area contributed by atoms with E-state index >= 15 is 0 Å². The summed E-state index contributed by atoms with van der Waals surface area (Å²) in [7, 11) is 7.96. The molecule has 1 aromatic carbocycles. The zero-order valence-electron chi connectivity index (χ0n) is 23.6. The van der Waals surface area contributed by atoms with Crippen molar-refractivity contribution in [1.82, 2.24) is 4.90 Å². The second-order valence-electron chi connectivity index (χ2n) is 10.5. The van der Waals surface area contributed by atoms with Gasteiger partial charge in [0.15, 0.2) is 0 Å². The van der Waals surface area contributed by atoms with E-state index in [4.69, 9.17) is 4.74 Å². The average molecular weight is 624 g/mol. The fourth-order valence-electron chi connectivity index (χ4n) is 4.65. The van der Waals surface area contributed by atoms with Crippen LogP contribution < -0.4 is 38.7 Å². The molecular formula is C28H53Br2N3O2. The molecule has 0 fully saturated rings. The van der Waals surface area contributed by atoms with Crippen molar-refractivity contribution in [3.05, 3.63) is 29.8 Å². The molecule has 1 amide bonds. The second kappa shape index (κ2) is 19.5. The van der Waals surface area contributed by atoms with Gasteiger partial charge in [-0.25, -0.2) is 4.79 Å². The summed E-state index contributed by atoms with van der Waals surface area (Å²) in [4.78, 5) is 13.4. The van der Waals surface area contributed by atoms with Crippen LogP contribution in [0.1, 0.15) is 77.7 Å². The molecule has 0 atom stereocenters. The number of ether oxygens (including phenoxy) is 1. The van der Waals surface area contributed by atoms with E-state index < -0.39 is 0 Å². The van der Waals surface area contributed by atoms with Crippen LogP contribution in [0.2, 0.25) is 0 Å². The Morgan fingerprint density at radius 2 is 1.23 bits per heavy atom. The summed E-state index contributed by atoms with van der Waals surface area (Å²) in [6.45, 7) is 14.2. The van der Waals surface area contributed by atoms with Crippen molar-refractivity contribution in [1.29, 1.82) is 0 Å². The Bertz CT molecular complexity index is 672. The molecule has 1 aromatic rings. The molecule has 0 saturated heterocycles. The molecule has 0 spiro atoms. The summed E-state index contributed by atoms with van der Waals surface area (Å²) in [5.74, 6) is 0.676. The first kappa shape index (κ1) is 36.5. The van der Waals surface area contributed by atoms with Crippen LogP contribution >= 0.6 is 0 Å². The van der Waals surface area contributed by atoms with Crippen molar-refractivity contribution in [3.63, 3.8) is 0 Å². The Kier molecular flexibility index (Phi) is 20.3. The number of nitrogens with zero attached hydrogens (tertiary/aromatic N) is 3. The quantitative estimate of drug-likeness (QED) is 0.185. The first-order chi connectivity index (χ1) is 15.7. The van der Waals surface area contributed by atoms with Crippen LogP contribution in [0.5, 0.6) is 5.75 Å². The van der Waals surface area contributed by atoms with Gasteiger partial charge >= 0.3 is 6.09 Å². The van der Waals surface area contributed by atoms with Gasteiger partial charge in [-0.05, 0) is 58.6 Å². The van der Waals surface area contributed by atoms with Crippen LogP contribution in [0, 0.1) is 0 Å². The Morgan fingerprint density at radius 3 is 1.71 bits per heavy atom. The van der Waals surface area contributed by atoms with Crippen molar-refractivity contribution < 1.29 is 52.5 Å². The SMILES string of the molecule is CC[N+](CC)(CC)CCCCCCCCCC[N+](C)(C)Cc1ccccc1OC(=O)N(C)C.[Br-].[Br-]. The number of benzene rings is 1. The molecule has 0 aliphatic heterocycles. The van der Waals surface area contributed by atoms with E-state index in [1.54, 1.807) is 14.1 Å². The highest BCUT2D eigenvalue weighted by molar-refractivity contribution is 5.70. The van der Waals surface area contributed by atoms with Crippen LogP contribution in [-0.2, 0) is 6.54 Å². The summed E-state index contributed by atoms with van der Waals surface area (Å²) in [6.07, 6.45) is 10.5. The molecule has 1 rings (SSSR count). The lowest BCUT2D eigenvalue weighted by Gasteiger charge is -2.35. The van der Waals surface area contributed by atoms with Crippen LogP contribution in [0.25, 0.3) is 0 Å². The molecule has 0 radical (unpaired) electrons. The number of carbonyl (C=O) groups excluding carboxylic acids is 1. The summed E-state index contributed by atoms with van der Waals surface area (Å²) in [5.41, 5.74) is 1.09. The zero-order chi connectivity index (χ0) is 24.7. The Balaban J connectivity index is 0. The third-order valence-corrected chi connectivity index (χ3v) is 7.29. The largest absolute Gasteiger partial charge is 1.00 e. The summed E-state index contributed by atoms with van der Waals surface area (Å²) in [5, 5.41) is 0. The van der Waals surface area contributed by atoms with E-state index in [0.717, 1.165) is 23.1 Å². The van der Waals surface area contributed by atoms with E-state index in [0.29, 0.717) is 5.75 Å². The molecule has 0 N–H and O–H groups in total. The zero-order valence-corrected chi connectivity index (χ0v) is 26.8. The Hall–Kier alpha value is -0.630. The van der Waals surface area contributed by atoms with Gasteiger partial charge in [-0.3, -0.25) is 0 Å². The summed E-state index contributed by atoms with van der Waals surface area (Å²) >= 11 is 0. The van der Waals surface area contributed by atoms with Gasteiger partial charge < -0.3 is 52.6 Å². The Morgan fingerprint density at radius 1 is 0.771 bits per heavy atom. The molecule has 0 bridgehead atoms. The summed E-state index contributed by atoms with van der Waals surface area (Å²) in [6, 6.07) is 7.91. The lowest BCUT2D eigenvalue weighted by molar-refractivity contribution is -0.923. The standard InChI is InChI=1S/C28H53N3O2.2BrH/c1-8-31(9-2,10-3)24-20-16-14-12-11-13-15-19-23-30(6,7)25-26-21-17-18-22-27(26)33-28(32)29(4)5;;/h17-18,21-22H,8-16,19-20,23-25H2,1-7H3;2*1H/q+2;;/p-2. The van der Waals surface area contributed by atoms with Crippen molar-refractivity contribution >= 4 is 6.09 Å². The number of hydrogen-bond acceptors (Lipinski definition) is 2. The van der Waals surface area contributed by atoms with E-state index in [1.807, 2.05) is 18.2 Å². The topological polar surface area (TPSA) is 29.5 Å². The minimum absolute atomic E-state index is 0. The van der Waals surface area contributed by atoms with Gasteiger partial charge in [-0.1, -0.05) is 37.8 Å². The minimum Gasteiger partial charge on any atom is -1.00 e. The first-order valence-electron chi connectivity index (χ1n) is 13.3. The lowest BCUT2D eigenvalue weighted by atomic mass is 10.1. The maximum Gasteiger partial charge on any atom is 0.414 e. The molecule has 0 unspecified atom stereocenters. The van der Waals surface area contributed by atoms with Crippen molar-refractivity contribution in [3.8, 4) is 5.75 Å². The van der Waals surface area contributed by atoms with Crippen molar-refractivity contribution in [2.24, 2.45) is 0 Å². The minimum atomic E-state index is -0.327. The van der Waals surface area contributed by atoms with Gasteiger partial charge in [0.05, 0.1) is 46.8 Å². The second-order valence-corrected chi connectivity index (χ2v) is 10.5. The van der Waals surface area contributed by atoms with E-state index in [2.05, 4.69) is 40.9 Å².